The number of hydrogen-bond donors (Lipinski definition) is 2. The lowest BCUT2D eigenvalue weighted by Gasteiger charge is -2.15. The number of fused-ring (bicyclic) bond motifs is 1. The molecule has 118 valence electrons. The van der Waals surface area contributed by atoms with Crippen LogP contribution in [0.3, 0.4) is 0 Å². The third kappa shape index (κ3) is 3.50. The Bertz CT molecular complexity index is 582. The fraction of sp³-hybridized carbons (Fsp3) is 0.500. The van der Waals surface area contributed by atoms with E-state index >= 15 is 0 Å². The van der Waals surface area contributed by atoms with Crippen molar-refractivity contribution in [2.75, 3.05) is 13.2 Å². The van der Waals surface area contributed by atoms with Crippen molar-refractivity contribution in [3.8, 4) is 11.5 Å². The number of ether oxygens (including phenoxy) is 2. The monoisotopic (exact) mass is 305 g/mol. The quantitative estimate of drug-likeness (QED) is 0.867. The van der Waals surface area contributed by atoms with Crippen molar-refractivity contribution in [2.24, 2.45) is 5.92 Å². The summed E-state index contributed by atoms with van der Waals surface area (Å²) in [7, 11) is 0. The normalized spacial score (nSPS) is 18.2. The van der Waals surface area contributed by atoms with E-state index in [1.54, 1.807) is 18.2 Å². The van der Waals surface area contributed by atoms with Gasteiger partial charge in [-0.2, -0.15) is 0 Å². The molecule has 1 aromatic rings. The van der Waals surface area contributed by atoms with Crippen LogP contribution in [0.1, 0.15) is 36.0 Å². The molecular formula is C16H19NO5. The predicted molar refractivity (Wildman–Crippen MR) is 78.3 cm³/mol. The number of aliphatic carboxylic acids is 1. The van der Waals surface area contributed by atoms with Gasteiger partial charge in [0.1, 0.15) is 6.04 Å². The molecule has 0 spiro atoms. The summed E-state index contributed by atoms with van der Waals surface area (Å²) >= 11 is 0. The third-order valence-electron chi connectivity index (χ3n) is 3.88. The van der Waals surface area contributed by atoms with Gasteiger partial charge >= 0.3 is 5.97 Å². The Kier molecular flexibility index (Phi) is 4.18. The van der Waals surface area contributed by atoms with Gasteiger partial charge in [-0.1, -0.05) is 12.8 Å². The molecule has 3 rings (SSSR count). The average Bonchev–Trinajstić information content (AvgIpc) is 3.31. The topological polar surface area (TPSA) is 84.9 Å². The maximum absolute atomic E-state index is 12.3. The van der Waals surface area contributed by atoms with Crippen LogP contribution in [0.2, 0.25) is 0 Å². The molecule has 1 heterocycles. The van der Waals surface area contributed by atoms with Gasteiger partial charge in [0.25, 0.3) is 5.91 Å². The molecule has 1 fully saturated rings. The van der Waals surface area contributed by atoms with Crippen LogP contribution in [0.4, 0.5) is 0 Å². The Labute approximate surface area is 128 Å². The second kappa shape index (κ2) is 6.25. The lowest BCUT2D eigenvalue weighted by atomic mass is 10.1. The summed E-state index contributed by atoms with van der Waals surface area (Å²) < 4.78 is 11.1. The molecule has 1 saturated carbocycles. The third-order valence-corrected chi connectivity index (χ3v) is 3.88. The summed E-state index contributed by atoms with van der Waals surface area (Å²) in [5.41, 5.74) is 0.381. The number of carboxylic acid groups (broad SMARTS) is 1. The smallest absolute Gasteiger partial charge is 0.326 e. The molecule has 0 radical (unpaired) electrons. The van der Waals surface area contributed by atoms with E-state index in [0.717, 1.165) is 19.3 Å². The van der Waals surface area contributed by atoms with E-state index in [-0.39, 0.29) is 0 Å². The van der Waals surface area contributed by atoms with Crippen molar-refractivity contribution in [1.29, 1.82) is 0 Å². The van der Waals surface area contributed by atoms with Crippen molar-refractivity contribution >= 4 is 11.9 Å². The second-order valence-electron chi connectivity index (χ2n) is 5.76. The highest BCUT2D eigenvalue weighted by Gasteiger charge is 2.30. The van der Waals surface area contributed by atoms with Crippen LogP contribution in [0.15, 0.2) is 18.2 Å². The zero-order valence-electron chi connectivity index (χ0n) is 12.2. The molecule has 1 atom stereocenters. The van der Waals surface area contributed by atoms with E-state index in [9.17, 15) is 14.7 Å². The molecule has 1 unspecified atom stereocenters. The summed E-state index contributed by atoms with van der Waals surface area (Å²) in [6.07, 6.45) is 3.37. The van der Waals surface area contributed by atoms with Crippen LogP contribution in [0, 0.1) is 5.92 Å². The molecular weight excluding hydrogens is 286 g/mol. The first-order valence-corrected chi connectivity index (χ1v) is 7.57. The molecule has 1 amide bonds. The number of nitrogens with one attached hydrogen (secondary N) is 1. The maximum atomic E-state index is 12.3. The SMILES string of the molecule is O=C(NC(CC1CC1)C(=O)O)c1ccc2c(c1)OCCCO2. The molecule has 6 heteroatoms. The molecule has 2 aliphatic rings. The van der Waals surface area contributed by atoms with Gasteiger partial charge in [-0.05, 0) is 30.5 Å². The van der Waals surface area contributed by atoms with Crippen molar-refractivity contribution in [1.82, 2.24) is 5.32 Å². The van der Waals surface area contributed by atoms with Gasteiger partial charge in [0.2, 0.25) is 0 Å². The summed E-state index contributed by atoms with van der Waals surface area (Å²) in [4.78, 5) is 23.5. The summed E-state index contributed by atoms with van der Waals surface area (Å²) in [5.74, 6) is 0.171. The zero-order chi connectivity index (χ0) is 15.5. The minimum absolute atomic E-state index is 0.381. The number of benzene rings is 1. The van der Waals surface area contributed by atoms with Crippen LogP contribution in [-0.4, -0.2) is 36.2 Å². The summed E-state index contributed by atoms with van der Waals surface area (Å²) in [5, 5.41) is 11.8. The number of carboxylic acids is 1. The molecule has 1 aliphatic heterocycles. The Balaban J connectivity index is 1.70. The van der Waals surface area contributed by atoms with Crippen LogP contribution < -0.4 is 14.8 Å². The van der Waals surface area contributed by atoms with Crippen molar-refractivity contribution in [3.05, 3.63) is 23.8 Å². The highest BCUT2D eigenvalue weighted by molar-refractivity contribution is 5.97. The van der Waals surface area contributed by atoms with Gasteiger partial charge in [-0.15, -0.1) is 0 Å². The van der Waals surface area contributed by atoms with E-state index in [0.29, 0.717) is 42.6 Å². The lowest BCUT2D eigenvalue weighted by Crippen LogP contribution is -2.41. The summed E-state index contributed by atoms with van der Waals surface area (Å²) in [6, 6.07) is 4.08. The van der Waals surface area contributed by atoms with E-state index in [4.69, 9.17) is 9.47 Å². The van der Waals surface area contributed by atoms with E-state index in [2.05, 4.69) is 5.32 Å². The van der Waals surface area contributed by atoms with Gasteiger partial charge in [0.05, 0.1) is 13.2 Å². The Morgan fingerprint density at radius 1 is 1.23 bits per heavy atom. The Morgan fingerprint density at radius 2 is 1.95 bits per heavy atom. The fourth-order valence-electron chi connectivity index (χ4n) is 2.45. The summed E-state index contributed by atoms with van der Waals surface area (Å²) in [6.45, 7) is 1.12. The van der Waals surface area contributed by atoms with Crippen molar-refractivity contribution in [3.63, 3.8) is 0 Å². The molecule has 0 aromatic heterocycles. The predicted octanol–water partition coefficient (Wildman–Crippen LogP) is 1.83. The molecule has 6 nitrogen and oxygen atoms in total. The minimum atomic E-state index is -0.991. The first-order valence-electron chi connectivity index (χ1n) is 7.57. The number of rotatable bonds is 5. The van der Waals surface area contributed by atoms with Gasteiger partial charge in [-0.3, -0.25) is 4.79 Å². The maximum Gasteiger partial charge on any atom is 0.326 e. The van der Waals surface area contributed by atoms with E-state index < -0.39 is 17.9 Å². The Morgan fingerprint density at radius 3 is 2.64 bits per heavy atom. The molecule has 22 heavy (non-hydrogen) atoms. The highest BCUT2D eigenvalue weighted by atomic mass is 16.5. The van der Waals surface area contributed by atoms with E-state index in [1.807, 2.05) is 0 Å². The number of amides is 1. The molecule has 2 N–H and O–H groups in total. The largest absolute Gasteiger partial charge is 0.490 e. The van der Waals surface area contributed by atoms with Crippen LogP contribution in [0.5, 0.6) is 11.5 Å². The van der Waals surface area contributed by atoms with Gasteiger partial charge in [0.15, 0.2) is 11.5 Å². The average molecular weight is 305 g/mol. The molecule has 1 aromatic carbocycles. The number of carbonyl (C=O) groups is 2. The minimum Gasteiger partial charge on any atom is -0.490 e. The highest BCUT2D eigenvalue weighted by Crippen LogP contribution is 2.34. The van der Waals surface area contributed by atoms with Gasteiger partial charge < -0.3 is 19.9 Å². The van der Waals surface area contributed by atoms with Crippen LogP contribution in [0.25, 0.3) is 0 Å². The molecule has 1 aliphatic carbocycles. The van der Waals surface area contributed by atoms with Crippen molar-refractivity contribution < 1.29 is 24.2 Å². The van der Waals surface area contributed by atoms with Crippen LogP contribution >= 0.6 is 0 Å². The second-order valence-corrected chi connectivity index (χ2v) is 5.76. The van der Waals surface area contributed by atoms with Gasteiger partial charge in [0, 0.05) is 12.0 Å². The lowest BCUT2D eigenvalue weighted by molar-refractivity contribution is -0.139. The first kappa shape index (κ1) is 14.7. The number of hydrogen-bond acceptors (Lipinski definition) is 4. The van der Waals surface area contributed by atoms with Crippen LogP contribution in [-0.2, 0) is 4.79 Å². The number of carbonyl (C=O) groups excluding carboxylic acids is 1. The van der Waals surface area contributed by atoms with Gasteiger partial charge in [-0.25, -0.2) is 4.79 Å². The standard InChI is InChI=1S/C16H19NO5/c18-15(17-12(16(19)20)8-10-2-3-10)11-4-5-13-14(9-11)22-7-1-6-21-13/h4-5,9-10,12H,1-3,6-8H2,(H,17,18)(H,19,20). The Hall–Kier alpha value is -2.24. The zero-order valence-corrected chi connectivity index (χ0v) is 12.2. The molecule has 0 bridgehead atoms. The molecule has 0 saturated heterocycles. The van der Waals surface area contributed by atoms with E-state index in [1.165, 1.54) is 0 Å². The first-order chi connectivity index (χ1) is 10.6. The van der Waals surface area contributed by atoms with Crippen molar-refractivity contribution in [2.45, 2.75) is 31.7 Å². The fourth-order valence-corrected chi connectivity index (χ4v) is 2.45.